The lowest BCUT2D eigenvalue weighted by Gasteiger charge is -2.24. The summed E-state index contributed by atoms with van der Waals surface area (Å²) in [5.41, 5.74) is 7.45. The van der Waals surface area contributed by atoms with E-state index in [-0.39, 0.29) is 19.8 Å². The van der Waals surface area contributed by atoms with Crippen LogP contribution in [0.5, 0.6) is 17.2 Å². The summed E-state index contributed by atoms with van der Waals surface area (Å²) in [5, 5.41) is 0. The molecule has 0 N–H and O–H groups in total. The Balaban J connectivity index is 2.14. The van der Waals surface area contributed by atoms with E-state index < -0.39 is 43.6 Å². The Labute approximate surface area is 530 Å². The quantitative estimate of drug-likeness (QED) is 0.0170. The van der Waals surface area contributed by atoms with Gasteiger partial charge in [0.05, 0.1) is 39.6 Å². The van der Waals surface area contributed by atoms with Crippen LogP contribution in [0.15, 0.2) is 128 Å². The molecule has 0 saturated carbocycles. The highest BCUT2D eigenvalue weighted by atomic mass is 31.2. The SMILES string of the molecule is C=C(C)C(=O)OCCCCCc1ccc(OP(=O)(Oc2ccc(CCCCCOC(=O)C(=C)C)cc2CCCCCOC(=O)C(=C)C)Oc2ccc(CCCCCOC(=O)C(=C)C)cc2CCCCCOC(=O)C(=C)C)c(CCCCCOC(=O)C(=C)C)c1. The van der Waals surface area contributed by atoms with Gasteiger partial charge in [0, 0.05) is 33.4 Å². The van der Waals surface area contributed by atoms with Crippen LogP contribution in [0.3, 0.4) is 0 Å². The molecule has 488 valence electrons. The summed E-state index contributed by atoms with van der Waals surface area (Å²) in [6.45, 7) is 33.3. The number of phosphoric ester groups is 1. The van der Waals surface area contributed by atoms with Gasteiger partial charge in [-0.25, -0.2) is 28.8 Å². The van der Waals surface area contributed by atoms with Crippen LogP contribution in [-0.4, -0.2) is 75.5 Å². The van der Waals surface area contributed by atoms with Crippen molar-refractivity contribution in [3.8, 4) is 17.2 Å². The van der Waals surface area contributed by atoms with Gasteiger partial charge in [-0.05, 0) is 247 Å². The molecule has 0 aliphatic heterocycles. The summed E-state index contributed by atoms with van der Waals surface area (Å²) in [7, 11) is -4.71. The molecular formula is C72H99O16P. The van der Waals surface area contributed by atoms with E-state index in [0.717, 1.165) is 71.9 Å². The van der Waals surface area contributed by atoms with Crippen molar-refractivity contribution >= 4 is 43.6 Å². The fraction of sp³-hybridized carbons (Fsp3) is 0.500. The lowest BCUT2D eigenvalue weighted by Crippen LogP contribution is -2.11. The van der Waals surface area contributed by atoms with Gasteiger partial charge in [0.2, 0.25) is 0 Å². The monoisotopic (exact) mass is 1250 g/mol. The molecule has 0 heterocycles. The molecule has 0 spiro atoms. The molecule has 89 heavy (non-hydrogen) atoms. The van der Waals surface area contributed by atoms with Crippen molar-refractivity contribution in [2.24, 2.45) is 0 Å². The minimum Gasteiger partial charge on any atom is -0.462 e. The molecule has 0 saturated heterocycles. The molecule has 0 amide bonds. The van der Waals surface area contributed by atoms with Crippen molar-refractivity contribution in [2.75, 3.05) is 39.6 Å². The fourth-order valence-electron chi connectivity index (χ4n) is 8.97. The number of hydrogen-bond acceptors (Lipinski definition) is 16. The van der Waals surface area contributed by atoms with Gasteiger partial charge in [0.1, 0.15) is 17.2 Å². The second-order valence-corrected chi connectivity index (χ2v) is 24.4. The van der Waals surface area contributed by atoms with Crippen molar-refractivity contribution in [1.82, 2.24) is 0 Å². The van der Waals surface area contributed by atoms with Crippen LogP contribution in [0.1, 0.15) is 190 Å². The molecule has 0 aliphatic rings. The summed E-state index contributed by atoms with van der Waals surface area (Å²) < 4.78 is 68.5. The molecule has 0 aliphatic carbocycles. The van der Waals surface area contributed by atoms with Crippen LogP contribution in [0.2, 0.25) is 0 Å². The molecule has 3 aromatic rings. The van der Waals surface area contributed by atoms with E-state index in [9.17, 15) is 28.8 Å². The van der Waals surface area contributed by atoms with Crippen molar-refractivity contribution in [1.29, 1.82) is 0 Å². The number of carbonyl (C=O) groups is 6. The lowest BCUT2D eigenvalue weighted by molar-refractivity contribution is -0.139. The highest BCUT2D eigenvalue weighted by Gasteiger charge is 2.36. The minimum absolute atomic E-state index is 0.237. The third-order valence-electron chi connectivity index (χ3n) is 14.1. The van der Waals surface area contributed by atoms with E-state index in [2.05, 4.69) is 57.7 Å². The van der Waals surface area contributed by atoms with E-state index in [1.807, 2.05) is 36.4 Å². The van der Waals surface area contributed by atoms with Gasteiger partial charge in [-0.3, -0.25) is 0 Å². The Kier molecular flexibility index (Phi) is 36.2. The van der Waals surface area contributed by atoms with Crippen LogP contribution in [0.25, 0.3) is 0 Å². The summed E-state index contributed by atoms with van der Waals surface area (Å²) >= 11 is 0. The maximum absolute atomic E-state index is 16.2. The van der Waals surface area contributed by atoms with E-state index in [1.165, 1.54) is 0 Å². The Morgan fingerprint density at radius 3 is 0.674 bits per heavy atom. The zero-order valence-electron chi connectivity index (χ0n) is 54.1. The normalized spacial score (nSPS) is 10.9. The Hall–Kier alpha value is -7.45. The molecule has 17 heteroatoms. The van der Waals surface area contributed by atoms with Gasteiger partial charge in [0.15, 0.2) is 0 Å². The third-order valence-corrected chi connectivity index (χ3v) is 15.4. The number of unbranched alkanes of at least 4 members (excludes halogenated alkanes) is 12. The van der Waals surface area contributed by atoms with Gasteiger partial charge >= 0.3 is 43.6 Å². The Morgan fingerprint density at radius 2 is 0.483 bits per heavy atom. The molecule has 0 aromatic heterocycles. The highest BCUT2D eigenvalue weighted by molar-refractivity contribution is 7.49. The summed E-state index contributed by atoms with van der Waals surface area (Å²) in [6.07, 6.45) is 16.6. The third kappa shape index (κ3) is 32.0. The van der Waals surface area contributed by atoms with Crippen molar-refractivity contribution in [3.05, 3.63) is 161 Å². The van der Waals surface area contributed by atoms with Crippen LogP contribution < -0.4 is 13.6 Å². The topological polar surface area (TPSA) is 203 Å². The number of hydrogen-bond donors (Lipinski definition) is 0. The van der Waals surface area contributed by atoms with Gasteiger partial charge in [-0.1, -0.05) is 75.9 Å². The molecule has 3 aromatic carbocycles. The van der Waals surface area contributed by atoms with Crippen LogP contribution in [0, 0.1) is 0 Å². The minimum atomic E-state index is -4.71. The maximum atomic E-state index is 16.2. The van der Waals surface area contributed by atoms with Crippen LogP contribution >= 0.6 is 7.82 Å². The number of aryl methyl sites for hydroxylation is 6. The lowest BCUT2D eigenvalue weighted by atomic mass is 10.00. The van der Waals surface area contributed by atoms with Crippen LogP contribution in [-0.2, 0) is 100 Å². The van der Waals surface area contributed by atoms with Gasteiger partial charge in [-0.15, -0.1) is 0 Å². The Bertz CT molecular complexity index is 2620. The van der Waals surface area contributed by atoms with Gasteiger partial charge in [0.25, 0.3) is 0 Å². The van der Waals surface area contributed by atoms with Gasteiger partial charge < -0.3 is 42.0 Å². The van der Waals surface area contributed by atoms with E-state index >= 15 is 4.57 Å². The molecule has 0 radical (unpaired) electrons. The van der Waals surface area contributed by atoms with Gasteiger partial charge in [-0.2, -0.15) is 4.57 Å². The average Bonchev–Trinajstić information content (AvgIpc) is 1.14. The maximum Gasteiger partial charge on any atom is 0.647 e. The summed E-state index contributed by atoms with van der Waals surface area (Å²) in [5.74, 6) is -1.63. The first-order valence-electron chi connectivity index (χ1n) is 31.5. The second-order valence-electron chi connectivity index (χ2n) is 22.9. The first kappa shape index (κ1) is 75.8. The predicted molar refractivity (Wildman–Crippen MR) is 349 cm³/mol. The summed E-state index contributed by atoms with van der Waals surface area (Å²) in [6, 6.07) is 17.4. The van der Waals surface area contributed by atoms with E-state index in [4.69, 9.17) is 42.0 Å². The molecule has 0 atom stereocenters. The van der Waals surface area contributed by atoms with Crippen molar-refractivity contribution < 1.29 is 75.3 Å². The number of carbonyl (C=O) groups excluding carboxylic acids is 6. The Morgan fingerprint density at radius 1 is 0.292 bits per heavy atom. The number of phosphoric acid groups is 1. The zero-order valence-corrected chi connectivity index (χ0v) is 55.0. The zero-order chi connectivity index (χ0) is 65.6. The molecule has 0 fully saturated rings. The summed E-state index contributed by atoms with van der Waals surface area (Å²) in [4.78, 5) is 72.4. The molecule has 16 nitrogen and oxygen atoms in total. The molecular weight excluding hydrogens is 1150 g/mol. The highest BCUT2D eigenvalue weighted by Crippen LogP contribution is 2.52. The average molecular weight is 1250 g/mol. The molecule has 0 unspecified atom stereocenters. The van der Waals surface area contributed by atoms with E-state index in [0.29, 0.717) is 186 Å². The number of benzene rings is 3. The second kappa shape index (κ2) is 42.5. The first-order valence-corrected chi connectivity index (χ1v) is 32.9. The smallest absolute Gasteiger partial charge is 0.462 e. The number of esters is 6. The number of rotatable bonds is 48. The van der Waals surface area contributed by atoms with E-state index in [1.54, 1.807) is 41.5 Å². The first-order chi connectivity index (χ1) is 42.5. The molecule has 3 rings (SSSR count). The van der Waals surface area contributed by atoms with Crippen molar-refractivity contribution in [2.45, 2.75) is 196 Å². The van der Waals surface area contributed by atoms with Crippen molar-refractivity contribution in [3.63, 3.8) is 0 Å². The predicted octanol–water partition coefficient (Wildman–Crippen LogP) is 16.3. The standard InChI is InChI=1S/C72H99O16P/c1-52(2)67(73)80-43-25-13-19-31-58-37-40-64(61(49-58)34-22-16-28-46-83-70(76)55(7)8)86-89(79,87-65-41-38-59(32-20-14-26-44-81-68(74)53(3)4)50-62(65)35-23-17-29-47-84-71(77)56(9)10)88-66-42-39-60(33-21-15-27-45-82-69(75)54(5)6)51-63(66)36-24-18-30-48-85-72(78)57(11)12/h37-42,49-51H,1,3,5,7,9,11,13-36,43-48H2,2,4,6,8,10,12H3. The number of ether oxygens (including phenoxy) is 6. The fourth-order valence-corrected chi connectivity index (χ4v) is 10.3. The largest absolute Gasteiger partial charge is 0.647 e. The molecule has 0 bridgehead atoms. The van der Waals surface area contributed by atoms with Crippen LogP contribution in [0.4, 0.5) is 0 Å².